The van der Waals surface area contributed by atoms with Crippen LogP contribution in [0.25, 0.3) is 0 Å². The molecule has 0 spiro atoms. The van der Waals surface area contributed by atoms with Crippen molar-refractivity contribution in [3.8, 4) is 0 Å². The van der Waals surface area contributed by atoms with Crippen molar-refractivity contribution < 1.29 is 9.26 Å². The number of ether oxygens (including phenoxy) is 1. The van der Waals surface area contributed by atoms with Crippen LogP contribution >= 0.6 is 0 Å². The summed E-state index contributed by atoms with van der Waals surface area (Å²) in [5, 5.41) is 7.49. The molecule has 2 fully saturated rings. The average molecular weight is 266 g/mol. The molecule has 1 aromatic rings. The second kappa shape index (κ2) is 5.19. The van der Waals surface area contributed by atoms with Gasteiger partial charge in [-0.25, -0.2) is 0 Å². The van der Waals surface area contributed by atoms with Crippen molar-refractivity contribution in [3.05, 3.63) is 11.7 Å². The Hall–Kier alpha value is -0.980. The zero-order valence-electron chi connectivity index (χ0n) is 11.7. The lowest BCUT2D eigenvalue weighted by Gasteiger charge is -2.37. The highest BCUT2D eigenvalue weighted by atomic mass is 16.5. The Kier molecular flexibility index (Phi) is 3.56. The van der Waals surface area contributed by atoms with Gasteiger partial charge in [0.05, 0.1) is 6.04 Å². The maximum absolute atomic E-state index is 5.59. The summed E-state index contributed by atoms with van der Waals surface area (Å²) in [6.45, 7) is 6.21. The van der Waals surface area contributed by atoms with Gasteiger partial charge < -0.3 is 14.6 Å². The molecule has 2 aliphatic rings. The van der Waals surface area contributed by atoms with Gasteiger partial charge in [-0.3, -0.25) is 4.90 Å². The Labute approximate surface area is 113 Å². The van der Waals surface area contributed by atoms with E-state index in [9.17, 15) is 0 Å². The van der Waals surface area contributed by atoms with Gasteiger partial charge in [0, 0.05) is 33.3 Å². The van der Waals surface area contributed by atoms with Crippen molar-refractivity contribution >= 4 is 0 Å². The van der Waals surface area contributed by atoms with Gasteiger partial charge in [0.2, 0.25) is 11.7 Å². The van der Waals surface area contributed by atoms with Gasteiger partial charge in [0.1, 0.15) is 5.60 Å². The summed E-state index contributed by atoms with van der Waals surface area (Å²) in [5.74, 6) is 1.43. The van der Waals surface area contributed by atoms with Crippen LogP contribution in [-0.4, -0.2) is 48.3 Å². The summed E-state index contributed by atoms with van der Waals surface area (Å²) in [6, 6.07) is 0.178. The van der Waals surface area contributed by atoms with Crippen LogP contribution in [0.15, 0.2) is 4.52 Å². The summed E-state index contributed by atoms with van der Waals surface area (Å²) in [4.78, 5) is 6.95. The molecule has 1 N–H and O–H groups in total. The molecular formula is C13H22N4O2. The summed E-state index contributed by atoms with van der Waals surface area (Å²) in [7, 11) is 1.73. The molecule has 2 heterocycles. The number of nitrogens with one attached hydrogen (secondary N) is 1. The van der Waals surface area contributed by atoms with Crippen molar-refractivity contribution in [1.82, 2.24) is 20.4 Å². The Morgan fingerprint density at radius 3 is 2.68 bits per heavy atom. The van der Waals surface area contributed by atoms with Gasteiger partial charge in [-0.2, -0.15) is 4.98 Å². The van der Waals surface area contributed by atoms with Crippen LogP contribution in [0.3, 0.4) is 0 Å². The third-order valence-electron chi connectivity index (χ3n) is 4.46. The molecule has 0 amide bonds. The lowest BCUT2D eigenvalue weighted by Crippen LogP contribution is -2.44. The minimum atomic E-state index is -0.287. The number of rotatable bonds is 4. The number of aromatic nitrogens is 2. The molecule has 106 valence electrons. The molecule has 0 bridgehead atoms. The third kappa shape index (κ3) is 2.28. The molecule has 1 unspecified atom stereocenters. The summed E-state index contributed by atoms with van der Waals surface area (Å²) in [5.41, 5.74) is -0.287. The predicted octanol–water partition coefficient (Wildman–Crippen LogP) is 1.06. The Bertz CT molecular complexity index is 419. The molecule has 1 atom stereocenters. The smallest absolute Gasteiger partial charge is 0.243 e. The van der Waals surface area contributed by atoms with Crippen molar-refractivity contribution in [2.75, 3.05) is 33.3 Å². The Morgan fingerprint density at radius 1 is 1.37 bits per heavy atom. The van der Waals surface area contributed by atoms with E-state index >= 15 is 0 Å². The number of hydrogen-bond acceptors (Lipinski definition) is 6. The summed E-state index contributed by atoms with van der Waals surface area (Å²) in [6.07, 6.45) is 3.15. The number of methoxy groups -OCH3 is 1. The topological polar surface area (TPSA) is 63.4 Å². The van der Waals surface area contributed by atoms with Crippen LogP contribution in [0.4, 0.5) is 0 Å². The zero-order chi connectivity index (χ0) is 13.3. The maximum atomic E-state index is 5.59. The number of nitrogens with zero attached hydrogens (tertiary/aromatic N) is 3. The first-order chi connectivity index (χ1) is 9.25. The fourth-order valence-corrected chi connectivity index (χ4v) is 2.83. The molecule has 1 aromatic heterocycles. The largest absolute Gasteiger partial charge is 0.370 e. The fourth-order valence-electron chi connectivity index (χ4n) is 2.83. The fraction of sp³-hybridized carbons (Fsp3) is 0.846. The highest BCUT2D eigenvalue weighted by Gasteiger charge is 2.43. The molecule has 19 heavy (non-hydrogen) atoms. The van der Waals surface area contributed by atoms with E-state index in [0.717, 1.165) is 44.8 Å². The molecule has 1 aliphatic carbocycles. The van der Waals surface area contributed by atoms with E-state index in [1.165, 1.54) is 6.42 Å². The molecule has 0 radical (unpaired) electrons. The quantitative estimate of drug-likeness (QED) is 0.879. The van der Waals surface area contributed by atoms with Crippen molar-refractivity contribution in [2.24, 2.45) is 0 Å². The van der Waals surface area contributed by atoms with E-state index in [0.29, 0.717) is 5.89 Å². The lowest BCUT2D eigenvalue weighted by atomic mass is 9.79. The third-order valence-corrected chi connectivity index (χ3v) is 4.46. The second-order valence-corrected chi connectivity index (χ2v) is 5.47. The van der Waals surface area contributed by atoms with Gasteiger partial charge in [0.15, 0.2) is 0 Å². The zero-order valence-corrected chi connectivity index (χ0v) is 11.7. The van der Waals surface area contributed by atoms with E-state index in [1.54, 1.807) is 7.11 Å². The second-order valence-electron chi connectivity index (χ2n) is 5.47. The Balaban J connectivity index is 1.73. The van der Waals surface area contributed by atoms with Crippen molar-refractivity contribution in [2.45, 2.75) is 37.8 Å². The number of hydrogen-bond donors (Lipinski definition) is 1. The molecule has 1 saturated heterocycles. The van der Waals surface area contributed by atoms with Crippen molar-refractivity contribution in [3.63, 3.8) is 0 Å². The van der Waals surface area contributed by atoms with Crippen LogP contribution in [0.1, 0.15) is 43.9 Å². The molecule has 6 nitrogen and oxygen atoms in total. The first kappa shape index (κ1) is 13.0. The van der Waals surface area contributed by atoms with E-state index in [-0.39, 0.29) is 11.6 Å². The number of piperazine rings is 1. The monoisotopic (exact) mass is 266 g/mol. The van der Waals surface area contributed by atoms with Gasteiger partial charge in [-0.05, 0) is 26.2 Å². The molecular weight excluding hydrogens is 244 g/mol. The predicted molar refractivity (Wildman–Crippen MR) is 69.7 cm³/mol. The van der Waals surface area contributed by atoms with Crippen LogP contribution in [0.5, 0.6) is 0 Å². The van der Waals surface area contributed by atoms with Crippen LogP contribution in [0.2, 0.25) is 0 Å². The standard InChI is InChI=1S/C13H22N4O2/c1-10(17-8-6-14-7-9-17)11-15-12(16-19-11)13(18-2)4-3-5-13/h10,14H,3-9H2,1-2H3. The SMILES string of the molecule is COC1(c2noc(C(C)N3CCNCC3)n2)CCC1. The van der Waals surface area contributed by atoms with E-state index < -0.39 is 0 Å². The van der Waals surface area contributed by atoms with Gasteiger partial charge >= 0.3 is 0 Å². The summed E-state index contributed by atoms with van der Waals surface area (Å²) < 4.78 is 11.0. The molecule has 1 aliphatic heterocycles. The van der Waals surface area contributed by atoms with E-state index in [1.807, 2.05) is 0 Å². The van der Waals surface area contributed by atoms with Crippen LogP contribution in [-0.2, 0) is 10.3 Å². The van der Waals surface area contributed by atoms with Crippen molar-refractivity contribution in [1.29, 1.82) is 0 Å². The van der Waals surface area contributed by atoms with Gasteiger partial charge in [0.25, 0.3) is 0 Å². The highest BCUT2D eigenvalue weighted by Crippen LogP contribution is 2.43. The first-order valence-corrected chi connectivity index (χ1v) is 7.09. The molecule has 0 aromatic carbocycles. The minimum Gasteiger partial charge on any atom is -0.370 e. The highest BCUT2D eigenvalue weighted by molar-refractivity contribution is 5.07. The van der Waals surface area contributed by atoms with Crippen LogP contribution < -0.4 is 5.32 Å². The van der Waals surface area contributed by atoms with E-state index in [2.05, 4.69) is 27.3 Å². The average Bonchev–Trinajstić information content (AvgIpc) is 2.88. The molecule has 3 rings (SSSR count). The normalized spacial score (nSPS) is 24.9. The Morgan fingerprint density at radius 2 is 2.11 bits per heavy atom. The molecule has 1 saturated carbocycles. The first-order valence-electron chi connectivity index (χ1n) is 7.09. The maximum Gasteiger partial charge on any atom is 0.243 e. The van der Waals surface area contributed by atoms with Crippen LogP contribution in [0, 0.1) is 0 Å². The van der Waals surface area contributed by atoms with Gasteiger partial charge in [-0.15, -0.1) is 0 Å². The van der Waals surface area contributed by atoms with Gasteiger partial charge in [-0.1, -0.05) is 5.16 Å². The van der Waals surface area contributed by atoms with E-state index in [4.69, 9.17) is 9.26 Å². The lowest BCUT2D eigenvalue weighted by molar-refractivity contribution is -0.0858. The molecule has 6 heteroatoms. The minimum absolute atomic E-state index is 0.178. The summed E-state index contributed by atoms with van der Waals surface area (Å²) >= 11 is 0.